The number of amides is 1. The van der Waals surface area contributed by atoms with Crippen LogP contribution in [0.5, 0.6) is 11.5 Å². The van der Waals surface area contributed by atoms with Crippen LogP contribution in [0.15, 0.2) is 65.4 Å². The number of aromatic nitrogens is 3. The molecule has 2 aromatic heterocycles. The molecule has 1 amide bonds. The Labute approximate surface area is 193 Å². The number of para-hydroxylation sites is 1. The quantitative estimate of drug-likeness (QED) is 0.305. The van der Waals surface area contributed by atoms with Crippen molar-refractivity contribution >= 4 is 17.3 Å². The van der Waals surface area contributed by atoms with Crippen molar-refractivity contribution in [3.8, 4) is 22.9 Å². The van der Waals surface area contributed by atoms with Gasteiger partial charge >= 0.3 is 0 Å². The van der Waals surface area contributed by atoms with E-state index in [-0.39, 0.29) is 23.5 Å². The summed E-state index contributed by atoms with van der Waals surface area (Å²) in [4.78, 5) is 32.4. The van der Waals surface area contributed by atoms with Crippen molar-refractivity contribution < 1.29 is 23.7 Å². The molecule has 0 aliphatic rings. The lowest BCUT2D eigenvalue weighted by Gasteiger charge is -2.12. The number of rotatable bonds is 8. The SMILES string of the molecule is COc1cc(C(=O)Nc2ccccc2Cc2nc(-c3cccnc3)no2)c([N+](=O)[O-])cc1OC. The van der Waals surface area contributed by atoms with Crippen molar-refractivity contribution in [1.82, 2.24) is 15.1 Å². The van der Waals surface area contributed by atoms with Crippen LogP contribution in [0.4, 0.5) is 11.4 Å². The number of hydrogen-bond acceptors (Lipinski definition) is 9. The van der Waals surface area contributed by atoms with Gasteiger partial charge in [0.2, 0.25) is 11.7 Å². The predicted octanol–water partition coefficient (Wildman–Crippen LogP) is 3.90. The molecule has 0 unspecified atom stereocenters. The molecule has 0 radical (unpaired) electrons. The Morgan fingerprint density at radius 2 is 1.88 bits per heavy atom. The van der Waals surface area contributed by atoms with Crippen LogP contribution in [-0.2, 0) is 6.42 Å². The molecule has 0 aliphatic heterocycles. The zero-order valence-corrected chi connectivity index (χ0v) is 18.2. The van der Waals surface area contributed by atoms with Gasteiger partial charge in [-0.3, -0.25) is 19.9 Å². The van der Waals surface area contributed by atoms with E-state index in [9.17, 15) is 14.9 Å². The molecule has 1 N–H and O–H groups in total. The topological polar surface area (TPSA) is 143 Å². The van der Waals surface area contributed by atoms with Crippen molar-refractivity contribution in [3.63, 3.8) is 0 Å². The van der Waals surface area contributed by atoms with Gasteiger partial charge in [-0.05, 0) is 23.8 Å². The zero-order valence-electron chi connectivity index (χ0n) is 18.2. The fraction of sp³-hybridized carbons (Fsp3) is 0.130. The lowest BCUT2D eigenvalue weighted by molar-refractivity contribution is -0.385. The average Bonchev–Trinajstić information content (AvgIpc) is 3.33. The monoisotopic (exact) mass is 461 g/mol. The fourth-order valence-electron chi connectivity index (χ4n) is 3.29. The zero-order chi connectivity index (χ0) is 24.1. The summed E-state index contributed by atoms with van der Waals surface area (Å²) in [5.74, 6) is 0.386. The maximum atomic E-state index is 13.0. The van der Waals surface area contributed by atoms with Gasteiger partial charge in [0, 0.05) is 29.7 Å². The van der Waals surface area contributed by atoms with Crippen molar-refractivity contribution in [2.45, 2.75) is 6.42 Å². The second-order valence-electron chi connectivity index (χ2n) is 7.02. The van der Waals surface area contributed by atoms with Crippen molar-refractivity contribution in [3.05, 3.63) is 88.1 Å². The molecule has 11 heteroatoms. The molecule has 4 aromatic rings. The molecule has 0 saturated carbocycles. The number of anilines is 1. The Hall–Kier alpha value is -4.80. The van der Waals surface area contributed by atoms with E-state index in [1.807, 2.05) is 6.07 Å². The number of nitrogens with zero attached hydrogens (tertiary/aromatic N) is 4. The summed E-state index contributed by atoms with van der Waals surface area (Å²) < 4.78 is 15.7. The molecule has 11 nitrogen and oxygen atoms in total. The van der Waals surface area contributed by atoms with E-state index >= 15 is 0 Å². The first-order valence-electron chi connectivity index (χ1n) is 10.0. The number of methoxy groups -OCH3 is 2. The molecule has 0 fully saturated rings. The number of hydrogen-bond donors (Lipinski definition) is 1. The highest BCUT2D eigenvalue weighted by Gasteiger charge is 2.25. The van der Waals surface area contributed by atoms with E-state index in [2.05, 4.69) is 20.4 Å². The Kier molecular flexibility index (Phi) is 6.44. The lowest BCUT2D eigenvalue weighted by Crippen LogP contribution is -2.15. The minimum absolute atomic E-state index is 0.145. The molecule has 0 spiro atoms. The average molecular weight is 461 g/mol. The van der Waals surface area contributed by atoms with Crippen LogP contribution in [0, 0.1) is 10.1 Å². The first kappa shape index (κ1) is 22.4. The summed E-state index contributed by atoms with van der Waals surface area (Å²) in [6.45, 7) is 0. The maximum Gasteiger partial charge on any atom is 0.286 e. The molecule has 0 saturated heterocycles. The molecular weight excluding hydrogens is 442 g/mol. The van der Waals surface area contributed by atoms with Crippen molar-refractivity contribution in [1.29, 1.82) is 0 Å². The second kappa shape index (κ2) is 9.77. The smallest absolute Gasteiger partial charge is 0.286 e. The maximum absolute atomic E-state index is 13.0. The normalized spacial score (nSPS) is 10.5. The van der Waals surface area contributed by atoms with Crippen LogP contribution in [-0.4, -0.2) is 40.2 Å². The third-order valence-corrected chi connectivity index (χ3v) is 4.94. The van der Waals surface area contributed by atoms with Crippen LogP contribution in [0.3, 0.4) is 0 Å². The third kappa shape index (κ3) is 4.67. The minimum Gasteiger partial charge on any atom is -0.493 e. The van der Waals surface area contributed by atoms with Crippen molar-refractivity contribution in [2.75, 3.05) is 19.5 Å². The highest BCUT2D eigenvalue weighted by atomic mass is 16.6. The highest BCUT2D eigenvalue weighted by Crippen LogP contribution is 2.35. The molecule has 34 heavy (non-hydrogen) atoms. The van der Waals surface area contributed by atoms with E-state index in [1.165, 1.54) is 20.3 Å². The number of benzene rings is 2. The Morgan fingerprint density at radius 1 is 1.12 bits per heavy atom. The number of pyridine rings is 1. The number of nitrogens with one attached hydrogen (secondary N) is 1. The lowest BCUT2D eigenvalue weighted by atomic mass is 10.1. The van der Waals surface area contributed by atoms with Gasteiger partial charge in [-0.15, -0.1) is 0 Å². The first-order chi connectivity index (χ1) is 16.5. The van der Waals surface area contributed by atoms with Gasteiger partial charge in [0.1, 0.15) is 5.56 Å². The molecule has 2 aromatic carbocycles. The van der Waals surface area contributed by atoms with E-state index in [0.29, 0.717) is 28.5 Å². The standard InChI is InChI=1S/C23H19N5O6/c1-32-19-11-16(18(28(30)31)12-20(19)33-2)23(29)25-17-8-4-3-6-14(17)10-21-26-22(27-34-21)15-7-5-9-24-13-15/h3-9,11-13H,10H2,1-2H3,(H,25,29). The van der Waals surface area contributed by atoms with E-state index < -0.39 is 16.5 Å². The van der Waals surface area contributed by atoms with E-state index in [4.69, 9.17) is 14.0 Å². The fourth-order valence-corrected chi connectivity index (χ4v) is 3.29. The summed E-state index contributed by atoms with van der Waals surface area (Å²) >= 11 is 0. The number of nitro benzene ring substituents is 1. The van der Waals surface area contributed by atoms with Crippen LogP contribution in [0.2, 0.25) is 0 Å². The summed E-state index contributed by atoms with van der Waals surface area (Å²) in [7, 11) is 2.74. The predicted molar refractivity (Wildman–Crippen MR) is 121 cm³/mol. The Bertz CT molecular complexity index is 1340. The first-order valence-corrected chi connectivity index (χ1v) is 10.0. The number of ether oxygens (including phenoxy) is 2. The van der Waals surface area contributed by atoms with Crippen LogP contribution < -0.4 is 14.8 Å². The summed E-state index contributed by atoms with van der Waals surface area (Å²) in [6, 6.07) is 13.0. The highest BCUT2D eigenvalue weighted by molar-refractivity contribution is 6.08. The summed E-state index contributed by atoms with van der Waals surface area (Å²) in [6.07, 6.45) is 3.50. The van der Waals surface area contributed by atoms with Gasteiger partial charge in [0.15, 0.2) is 11.5 Å². The summed E-state index contributed by atoms with van der Waals surface area (Å²) in [5.41, 5.74) is 1.25. The Morgan fingerprint density at radius 3 is 2.59 bits per heavy atom. The van der Waals surface area contributed by atoms with Crippen LogP contribution in [0.25, 0.3) is 11.4 Å². The molecule has 2 heterocycles. The Balaban J connectivity index is 1.60. The number of carbonyl (C=O) groups is 1. The van der Waals surface area contributed by atoms with Gasteiger partial charge in [0.05, 0.1) is 31.6 Å². The molecular formula is C23H19N5O6. The van der Waals surface area contributed by atoms with E-state index in [1.54, 1.807) is 42.7 Å². The number of nitro groups is 1. The van der Waals surface area contributed by atoms with Crippen LogP contribution in [0.1, 0.15) is 21.8 Å². The second-order valence-corrected chi connectivity index (χ2v) is 7.02. The molecule has 0 bridgehead atoms. The van der Waals surface area contributed by atoms with Gasteiger partial charge < -0.3 is 19.3 Å². The number of carbonyl (C=O) groups excluding carboxylic acids is 1. The minimum atomic E-state index is -0.679. The largest absolute Gasteiger partial charge is 0.493 e. The third-order valence-electron chi connectivity index (χ3n) is 4.94. The van der Waals surface area contributed by atoms with Gasteiger partial charge in [-0.1, -0.05) is 23.4 Å². The molecule has 0 aliphatic carbocycles. The van der Waals surface area contributed by atoms with Gasteiger partial charge in [0.25, 0.3) is 11.6 Å². The summed E-state index contributed by atoms with van der Waals surface area (Å²) in [5, 5.41) is 18.3. The van der Waals surface area contributed by atoms with Gasteiger partial charge in [-0.2, -0.15) is 4.98 Å². The molecule has 0 atom stereocenters. The van der Waals surface area contributed by atoms with Crippen LogP contribution >= 0.6 is 0 Å². The molecule has 172 valence electrons. The van der Waals surface area contributed by atoms with Gasteiger partial charge in [-0.25, -0.2) is 0 Å². The van der Waals surface area contributed by atoms with Crippen molar-refractivity contribution in [2.24, 2.45) is 0 Å². The van der Waals surface area contributed by atoms with E-state index in [0.717, 1.165) is 6.07 Å². The molecule has 4 rings (SSSR count).